The highest BCUT2D eigenvalue weighted by molar-refractivity contribution is 7.99. The zero-order valence-corrected chi connectivity index (χ0v) is 22.9. The molecular weight excluding hydrogens is 464 g/mol. The van der Waals surface area contributed by atoms with Crippen molar-refractivity contribution in [3.63, 3.8) is 0 Å². The third kappa shape index (κ3) is 15.1. The van der Waals surface area contributed by atoms with Gasteiger partial charge in [-0.25, -0.2) is 9.97 Å². The first-order chi connectivity index (χ1) is 16.9. The van der Waals surface area contributed by atoms with E-state index in [1.165, 1.54) is 32.1 Å². The Bertz CT molecular complexity index is 733. The maximum absolute atomic E-state index is 12.9. The Kier molecular flexibility index (Phi) is 17.4. The summed E-state index contributed by atoms with van der Waals surface area (Å²) >= 11 is 1.64. The van der Waals surface area contributed by atoms with Gasteiger partial charge in [0, 0.05) is 25.8 Å². The largest absolute Gasteiger partial charge is 0.389 e. The number of carbonyl (C=O) groups excluding carboxylic acids is 2. The summed E-state index contributed by atoms with van der Waals surface area (Å²) in [6.07, 6.45) is 8.72. The van der Waals surface area contributed by atoms with Gasteiger partial charge in [-0.1, -0.05) is 52.9 Å². The van der Waals surface area contributed by atoms with Crippen molar-refractivity contribution in [1.82, 2.24) is 15.3 Å². The molecule has 35 heavy (non-hydrogen) atoms. The van der Waals surface area contributed by atoms with E-state index >= 15 is 0 Å². The summed E-state index contributed by atoms with van der Waals surface area (Å²) in [5.74, 6) is 1.72. The third-order valence-corrected chi connectivity index (χ3v) is 6.34. The molecule has 8 nitrogen and oxygen atoms in total. The lowest BCUT2D eigenvalue weighted by atomic mass is 10.0. The maximum Gasteiger partial charge on any atom is 0.242 e. The molecule has 0 spiro atoms. The third-order valence-electron chi connectivity index (χ3n) is 5.34. The summed E-state index contributed by atoms with van der Waals surface area (Å²) in [7, 11) is 0. The maximum atomic E-state index is 12.9. The first-order valence-electron chi connectivity index (χ1n) is 13.1. The minimum Gasteiger partial charge on any atom is -0.389 e. The van der Waals surface area contributed by atoms with Crippen LogP contribution >= 0.6 is 11.8 Å². The second-order valence-electron chi connectivity index (χ2n) is 9.17. The first-order valence-corrected chi connectivity index (χ1v) is 14.1. The molecule has 1 heterocycles. The predicted octanol–water partition coefficient (Wildman–Crippen LogP) is 4.40. The number of amides is 1. The molecule has 1 unspecified atom stereocenters. The van der Waals surface area contributed by atoms with E-state index in [-0.39, 0.29) is 18.1 Å². The molecule has 0 aliphatic rings. The number of ether oxygens (including phenoxy) is 1. The molecule has 9 heteroatoms. The van der Waals surface area contributed by atoms with Gasteiger partial charge in [-0.2, -0.15) is 0 Å². The number of hydrogen-bond acceptors (Lipinski definition) is 8. The number of unbranched alkanes of at least 4 members (excludes halogenated alkanes) is 5. The molecule has 0 radical (unpaired) electrons. The molecule has 1 aromatic rings. The topological polar surface area (TPSA) is 113 Å². The summed E-state index contributed by atoms with van der Waals surface area (Å²) in [4.78, 5) is 33.7. The molecule has 0 aromatic carbocycles. The molecular formula is C26H46N4O4S. The van der Waals surface area contributed by atoms with Crippen LogP contribution in [-0.4, -0.2) is 64.9 Å². The average Bonchev–Trinajstić information content (AvgIpc) is 2.82. The van der Waals surface area contributed by atoms with Crippen molar-refractivity contribution in [3.8, 4) is 0 Å². The van der Waals surface area contributed by atoms with Crippen molar-refractivity contribution in [1.29, 1.82) is 0 Å². The molecule has 0 saturated carbocycles. The fourth-order valence-corrected chi connectivity index (χ4v) is 4.45. The van der Waals surface area contributed by atoms with E-state index in [0.717, 1.165) is 23.6 Å². The number of Topliss-reactive ketones (excluding diaryl/α,β-unsaturated/α-hetero) is 1. The molecule has 0 aliphatic carbocycles. The Morgan fingerprint density at radius 3 is 2.51 bits per heavy atom. The Balaban J connectivity index is 2.85. The molecule has 0 bridgehead atoms. The SMILES string of the molecule is CCCCCCCCSc1cc(NC(CC(C)C)C(=O)NCCCOCC)nc(CC(=O)CO)n1. The second-order valence-corrected chi connectivity index (χ2v) is 10.3. The van der Waals surface area contributed by atoms with E-state index in [2.05, 4.69) is 41.4 Å². The Hall–Kier alpha value is -1.71. The van der Waals surface area contributed by atoms with Gasteiger partial charge in [-0.15, -0.1) is 11.8 Å². The number of aromatic nitrogens is 2. The van der Waals surface area contributed by atoms with Gasteiger partial charge in [0.1, 0.15) is 29.3 Å². The van der Waals surface area contributed by atoms with Crippen LogP contribution in [0.1, 0.15) is 84.9 Å². The lowest BCUT2D eigenvalue weighted by molar-refractivity contribution is -0.122. The highest BCUT2D eigenvalue weighted by Crippen LogP contribution is 2.22. The fourth-order valence-electron chi connectivity index (χ4n) is 3.53. The molecule has 1 aromatic heterocycles. The number of rotatable bonds is 21. The van der Waals surface area contributed by atoms with Crippen LogP contribution < -0.4 is 10.6 Å². The van der Waals surface area contributed by atoms with Crippen LogP contribution in [-0.2, 0) is 20.7 Å². The predicted molar refractivity (Wildman–Crippen MR) is 143 cm³/mol. The highest BCUT2D eigenvalue weighted by Gasteiger charge is 2.21. The van der Waals surface area contributed by atoms with Gasteiger partial charge in [0.25, 0.3) is 0 Å². The first kappa shape index (κ1) is 31.3. The van der Waals surface area contributed by atoms with Crippen LogP contribution in [0.3, 0.4) is 0 Å². The molecule has 200 valence electrons. The van der Waals surface area contributed by atoms with Crippen molar-refractivity contribution >= 4 is 29.3 Å². The summed E-state index contributed by atoms with van der Waals surface area (Å²) in [6, 6.07) is 1.40. The van der Waals surface area contributed by atoms with Crippen LogP contribution in [0.2, 0.25) is 0 Å². The number of ketones is 1. The van der Waals surface area contributed by atoms with E-state index < -0.39 is 12.6 Å². The van der Waals surface area contributed by atoms with E-state index in [0.29, 0.717) is 43.7 Å². The fraction of sp³-hybridized carbons (Fsp3) is 0.769. The van der Waals surface area contributed by atoms with Crippen LogP contribution in [0.5, 0.6) is 0 Å². The Morgan fingerprint density at radius 2 is 1.83 bits per heavy atom. The normalized spacial score (nSPS) is 12.1. The standard InChI is InChI=1S/C26H46N4O4S/c1-5-7-8-9-10-11-15-35-25-18-24(29-23(30-25)17-21(32)19-31)28-22(16-20(3)4)26(33)27-13-12-14-34-6-2/h18,20,22,31H,5-17,19H2,1-4H3,(H,27,33)(H,28,29,30). The van der Waals surface area contributed by atoms with Crippen molar-refractivity contribution in [2.45, 2.75) is 96.6 Å². The zero-order chi connectivity index (χ0) is 25.9. The molecule has 1 amide bonds. The lowest BCUT2D eigenvalue weighted by Gasteiger charge is -2.21. The van der Waals surface area contributed by atoms with Gasteiger partial charge >= 0.3 is 0 Å². The minimum absolute atomic E-state index is 0.0327. The molecule has 3 N–H and O–H groups in total. The van der Waals surface area contributed by atoms with Gasteiger partial charge in [0.15, 0.2) is 5.78 Å². The van der Waals surface area contributed by atoms with Crippen molar-refractivity contribution in [2.24, 2.45) is 5.92 Å². The van der Waals surface area contributed by atoms with Crippen molar-refractivity contribution in [3.05, 3.63) is 11.9 Å². The minimum atomic E-state index is -0.540. The van der Waals surface area contributed by atoms with Gasteiger partial charge in [0.05, 0.1) is 6.42 Å². The van der Waals surface area contributed by atoms with Crippen LogP contribution in [0.15, 0.2) is 11.1 Å². The van der Waals surface area contributed by atoms with E-state index in [4.69, 9.17) is 9.84 Å². The van der Waals surface area contributed by atoms with Gasteiger partial charge in [0.2, 0.25) is 5.91 Å². The van der Waals surface area contributed by atoms with E-state index in [9.17, 15) is 9.59 Å². The quantitative estimate of drug-likeness (QED) is 0.127. The smallest absolute Gasteiger partial charge is 0.242 e. The number of nitrogens with one attached hydrogen (secondary N) is 2. The summed E-state index contributed by atoms with van der Waals surface area (Å²) < 4.78 is 5.34. The summed E-state index contributed by atoms with van der Waals surface area (Å²) in [6.45, 7) is 9.61. The lowest BCUT2D eigenvalue weighted by Crippen LogP contribution is -2.41. The summed E-state index contributed by atoms with van der Waals surface area (Å²) in [5.41, 5.74) is 0. The van der Waals surface area contributed by atoms with Crippen molar-refractivity contribution < 1.29 is 19.4 Å². The molecule has 0 aliphatic heterocycles. The van der Waals surface area contributed by atoms with Gasteiger partial charge in [-0.05, 0) is 37.9 Å². The van der Waals surface area contributed by atoms with Crippen molar-refractivity contribution in [2.75, 3.05) is 37.4 Å². The highest BCUT2D eigenvalue weighted by atomic mass is 32.2. The number of thioether (sulfide) groups is 1. The molecule has 0 fully saturated rings. The van der Waals surface area contributed by atoms with Gasteiger partial charge < -0.3 is 20.5 Å². The Labute approximate surface area is 215 Å². The molecule has 1 atom stereocenters. The number of hydrogen-bond donors (Lipinski definition) is 3. The van der Waals surface area contributed by atoms with Crippen LogP contribution in [0.25, 0.3) is 0 Å². The molecule has 1 rings (SSSR count). The number of nitrogens with zero attached hydrogens (tertiary/aromatic N) is 2. The Morgan fingerprint density at radius 1 is 1.09 bits per heavy atom. The monoisotopic (exact) mass is 510 g/mol. The van der Waals surface area contributed by atoms with Gasteiger partial charge in [-0.3, -0.25) is 9.59 Å². The van der Waals surface area contributed by atoms with E-state index in [1.807, 2.05) is 13.0 Å². The number of anilines is 1. The average molecular weight is 511 g/mol. The number of aliphatic hydroxyl groups is 1. The number of carbonyl (C=O) groups is 2. The van der Waals surface area contributed by atoms with Crippen LogP contribution in [0, 0.1) is 5.92 Å². The second kappa shape index (κ2) is 19.5. The van der Waals surface area contributed by atoms with E-state index in [1.54, 1.807) is 11.8 Å². The van der Waals surface area contributed by atoms with Crippen LogP contribution in [0.4, 0.5) is 5.82 Å². The molecule has 0 saturated heterocycles. The summed E-state index contributed by atoms with van der Waals surface area (Å²) in [5, 5.41) is 16.2. The number of aliphatic hydroxyl groups excluding tert-OH is 1. The zero-order valence-electron chi connectivity index (χ0n) is 22.1.